The lowest BCUT2D eigenvalue weighted by atomic mass is 10.0. The van der Waals surface area contributed by atoms with E-state index >= 15 is 0 Å². The maximum atomic E-state index is 12.8. The van der Waals surface area contributed by atoms with Gasteiger partial charge in [0.1, 0.15) is 5.82 Å². The van der Waals surface area contributed by atoms with Gasteiger partial charge in [-0.3, -0.25) is 4.79 Å². The molecule has 6 nitrogen and oxygen atoms in total. The minimum atomic E-state index is -0.119. The molecule has 136 valence electrons. The molecule has 1 aliphatic rings. The Hall–Kier alpha value is -1.92. The smallest absolute Gasteiger partial charge is 0.293 e. The number of hydrogen-bond acceptors (Lipinski definition) is 4. The second-order valence-corrected chi connectivity index (χ2v) is 6.64. The Kier molecular flexibility index (Phi) is 6.19. The number of benzene rings is 1. The number of nitrogens with two attached hydrogens (primary N) is 1. The Balaban J connectivity index is 0.00000225. The molecule has 0 radical (unpaired) electrons. The van der Waals surface area contributed by atoms with Crippen molar-refractivity contribution in [2.24, 2.45) is 5.73 Å². The molecule has 1 amide bonds. The third-order valence-corrected chi connectivity index (χ3v) is 4.66. The average Bonchev–Trinajstić information content (AvgIpc) is 3.20. The number of halogens is 1. The van der Waals surface area contributed by atoms with E-state index in [1.165, 1.54) is 5.56 Å². The molecule has 0 saturated carbocycles. The van der Waals surface area contributed by atoms with Crippen molar-refractivity contribution in [2.45, 2.75) is 45.6 Å². The Labute approximate surface area is 154 Å². The third kappa shape index (κ3) is 3.70. The molecule has 0 spiro atoms. The van der Waals surface area contributed by atoms with E-state index in [4.69, 9.17) is 5.73 Å². The van der Waals surface area contributed by atoms with E-state index in [1.807, 2.05) is 30.0 Å². The zero-order chi connectivity index (χ0) is 17.3. The zero-order valence-electron chi connectivity index (χ0n) is 15.0. The van der Waals surface area contributed by atoms with Gasteiger partial charge >= 0.3 is 0 Å². The van der Waals surface area contributed by atoms with Crippen molar-refractivity contribution in [3.63, 3.8) is 0 Å². The number of carbonyl (C=O) groups is 1. The molecule has 1 aliphatic heterocycles. The summed E-state index contributed by atoms with van der Waals surface area (Å²) < 4.78 is 1.77. The van der Waals surface area contributed by atoms with Crippen LogP contribution in [-0.2, 0) is 0 Å². The minimum absolute atomic E-state index is 0. The van der Waals surface area contributed by atoms with Crippen LogP contribution in [0.4, 0.5) is 0 Å². The van der Waals surface area contributed by atoms with E-state index in [0.29, 0.717) is 12.5 Å². The molecule has 25 heavy (non-hydrogen) atoms. The molecule has 1 aromatic heterocycles. The van der Waals surface area contributed by atoms with Gasteiger partial charge in [-0.1, -0.05) is 32.0 Å². The second kappa shape index (κ2) is 7.97. The lowest BCUT2D eigenvalue weighted by molar-refractivity contribution is 0.0729. The molecule has 1 atom stereocenters. The number of hydrogen-bond donors (Lipinski definition) is 1. The molecule has 1 saturated heterocycles. The molecule has 1 unspecified atom stereocenters. The summed E-state index contributed by atoms with van der Waals surface area (Å²) in [4.78, 5) is 19.0. The lowest BCUT2D eigenvalue weighted by Gasteiger charge is -2.21. The topological polar surface area (TPSA) is 77.0 Å². The summed E-state index contributed by atoms with van der Waals surface area (Å²) >= 11 is 0. The molecular formula is C18H26ClN5O. The van der Waals surface area contributed by atoms with Crippen LogP contribution in [0.2, 0.25) is 0 Å². The van der Waals surface area contributed by atoms with Crippen molar-refractivity contribution < 1.29 is 4.79 Å². The first-order chi connectivity index (χ1) is 11.5. The minimum Gasteiger partial charge on any atom is -0.332 e. The summed E-state index contributed by atoms with van der Waals surface area (Å²) in [5.74, 6) is 1.22. The predicted molar refractivity (Wildman–Crippen MR) is 101 cm³/mol. The molecular weight excluding hydrogens is 338 g/mol. The largest absolute Gasteiger partial charge is 0.332 e. The van der Waals surface area contributed by atoms with Crippen molar-refractivity contribution >= 4 is 18.3 Å². The summed E-state index contributed by atoms with van der Waals surface area (Å²) in [6, 6.07) is 8.21. The van der Waals surface area contributed by atoms with Crippen molar-refractivity contribution in [2.75, 3.05) is 13.1 Å². The van der Waals surface area contributed by atoms with Crippen molar-refractivity contribution in [1.82, 2.24) is 19.7 Å². The van der Waals surface area contributed by atoms with Crippen LogP contribution < -0.4 is 5.73 Å². The standard InChI is InChI=1S/C18H25N5O.ClH/c1-12(2)15-8-4-5-9-16(15)23-13(3)20-17(21-23)18(24)22-10-6-7-14(22)11-19;/h4-5,8-9,12,14H,6-7,10-11,19H2,1-3H3;1H. The summed E-state index contributed by atoms with van der Waals surface area (Å²) in [5.41, 5.74) is 7.95. The van der Waals surface area contributed by atoms with Gasteiger partial charge in [0.2, 0.25) is 5.82 Å². The molecule has 7 heteroatoms. The average molecular weight is 364 g/mol. The fourth-order valence-corrected chi connectivity index (χ4v) is 3.35. The molecule has 1 fully saturated rings. The molecule has 2 aromatic rings. The summed E-state index contributed by atoms with van der Waals surface area (Å²) in [6.07, 6.45) is 1.95. The Morgan fingerprint density at radius 3 is 2.76 bits per heavy atom. The highest BCUT2D eigenvalue weighted by molar-refractivity contribution is 5.91. The van der Waals surface area contributed by atoms with Gasteiger partial charge in [-0.2, -0.15) is 0 Å². The number of aromatic nitrogens is 3. The highest BCUT2D eigenvalue weighted by Crippen LogP contribution is 2.24. The van der Waals surface area contributed by atoms with Gasteiger partial charge in [-0.25, -0.2) is 9.67 Å². The van der Waals surface area contributed by atoms with Crippen LogP contribution in [0.15, 0.2) is 24.3 Å². The van der Waals surface area contributed by atoms with Crippen molar-refractivity contribution in [1.29, 1.82) is 0 Å². The monoisotopic (exact) mass is 363 g/mol. The quantitative estimate of drug-likeness (QED) is 0.905. The molecule has 2 heterocycles. The van der Waals surface area contributed by atoms with Crippen LogP contribution in [0.3, 0.4) is 0 Å². The molecule has 3 rings (SSSR count). The van der Waals surface area contributed by atoms with Crippen LogP contribution in [0, 0.1) is 6.92 Å². The number of nitrogens with zero attached hydrogens (tertiary/aromatic N) is 4. The molecule has 0 aliphatic carbocycles. The number of rotatable bonds is 4. The molecule has 2 N–H and O–H groups in total. The number of para-hydroxylation sites is 1. The summed E-state index contributed by atoms with van der Waals surface area (Å²) in [7, 11) is 0. The Bertz CT molecular complexity index is 743. The van der Waals surface area contributed by atoms with Crippen molar-refractivity contribution in [3.05, 3.63) is 41.5 Å². The van der Waals surface area contributed by atoms with Crippen molar-refractivity contribution in [3.8, 4) is 5.69 Å². The first-order valence-corrected chi connectivity index (χ1v) is 8.57. The number of carbonyl (C=O) groups excluding carboxylic acids is 1. The number of amides is 1. The predicted octanol–water partition coefficient (Wildman–Crippen LogP) is 2.68. The highest BCUT2D eigenvalue weighted by Gasteiger charge is 2.31. The van der Waals surface area contributed by atoms with Crippen LogP contribution in [0.1, 0.15) is 54.6 Å². The fraction of sp³-hybridized carbons (Fsp3) is 0.500. The van der Waals surface area contributed by atoms with E-state index < -0.39 is 0 Å². The maximum Gasteiger partial charge on any atom is 0.293 e. The Morgan fingerprint density at radius 2 is 2.08 bits per heavy atom. The van der Waals surface area contributed by atoms with E-state index in [2.05, 4.69) is 30.0 Å². The van der Waals surface area contributed by atoms with Gasteiger partial charge < -0.3 is 10.6 Å². The molecule has 0 bridgehead atoms. The van der Waals surface area contributed by atoms with Crippen LogP contribution >= 0.6 is 12.4 Å². The van der Waals surface area contributed by atoms with Crippen LogP contribution in [0.5, 0.6) is 0 Å². The third-order valence-electron chi connectivity index (χ3n) is 4.66. The zero-order valence-corrected chi connectivity index (χ0v) is 15.8. The van der Waals surface area contributed by atoms with Gasteiger partial charge in [-0.15, -0.1) is 17.5 Å². The first kappa shape index (κ1) is 19.4. The first-order valence-electron chi connectivity index (χ1n) is 8.57. The Morgan fingerprint density at radius 1 is 1.36 bits per heavy atom. The normalized spacial score (nSPS) is 17.0. The fourth-order valence-electron chi connectivity index (χ4n) is 3.35. The highest BCUT2D eigenvalue weighted by atomic mass is 35.5. The van der Waals surface area contributed by atoms with Gasteiger partial charge in [0.25, 0.3) is 5.91 Å². The van der Waals surface area contributed by atoms with Gasteiger partial charge in [0.05, 0.1) is 5.69 Å². The molecule has 1 aromatic carbocycles. The number of likely N-dealkylation sites (tertiary alicyclic amines) is 1. The van der Waals surface area contributed by atoms with Gasteiger partial charge in [0, 0.05) is 19.1 Å². The SMILES string of the molecule is Cc1nc(C(=O)N2CCCC2CN)nn1-c1ccccc1C(C)C.Cl. The number of aryl methyl sites for hydroxylation is 1. The summed E-state index contributed by atoms with van der Waals surface area (Å²) in [6.45, 7) is 7.39. The van der Waals surface area contributed by atoms with E-state index in [9.17, 15) is 4.79 Å². The summed E-state index contributed by atoms with van der Waals surface area (Å²) in [5, 5.41) is 4.51. The van der Waals surface area contributed by atoms with Gasteiger partial charge in [0.15, 0.2) is 0 Å². The maximum absolute atomic E-state index is 12.8. The lowest BCUT2D eigenvalue weighted by Crippen LogP contribution is -2.40. The van der Waals surface area contributed by atoms with E-state index in [1.54, 1.807) is 4.68 Å². The van der Waals surface area contributed by atoms with Gasteiger partial charge in [-0.05, 0) is 37.3 Å². The van der Waals surface area contributed by atoms with E-state index in [0.717, 1.165) is 30.9 Å². The van der Waals surface area contributed by atoms with Crippen LogP contribution in [-0.4, -0.2) is 44.7 Å². The second-order valence-electron chi connectivity index (χ2n) is 6.64. The van der Waals surface area contributed by atoms with Crippen LogP contribution in [0.25, 0.3) is 5.69 Å². The van der Waals surface area contributed by atoms with E-state index in [-0.39, 0.29) is 30.2 Å².